The number of nitrogens with two attached hydrogens (primary N) is 9. The van der Waals surface area contributed by atoms with Gasteiger partial charge in [-0.05, 0) is 176 Å². The van der Waals surface area contributed by atoms with Crippen LogP contribution in [-0.2, 0) is 75.2 Å². The molecule has 112 heavy (non-hydrogen) atoms. The predicted octanol–water partition coefficient (Wildman–Crippen LogP) is -3.79. The molecule has 1 fully saturated rings. The molecule has 1 aliphatic rings. The van der Waals surface area contributed by atoms with Crippen LogP contribution in [0.5, 0.6) is 5.75 Å². The van der Waals surface area contributed by atoms with Gasteiger partial charge in [0, 0.05) is 26.1 Å². The van der Waals surface area contributed by atoms with Gasteiger partial charge in [0.2, 0.25) is 76.8 Å². The Hall–Kier alpha value is -10.3. The van der Waals surface area contributed by atoms with Crippen LogP contribution in [0, 0.1) is 17.8 Å². The fourth-order valence-electron chi connectivity index (χ4n) is 12.4. The number of aliphatic imine (C=N–C) groups is 2. The van der Waals surface area contributed by atoms with Gasteiger partial charge >= 0.3 is 0 Å². The molecule has 626 valence electrons. The van der Waals surface area contributed by atoms with Gasteiger partial charge in [-0.15, -0.1) is 0 Å². The molecule has 0 bridgehead atoms. The SMILES string of the molecule is CCC(C)[C@H](NC(=O)[C@H](CCCN=C(N)N)NC(=O)[C@H](CCCN=C(N)N)NC(=O)[C@H](CC(C)C)NC(=O)[C@H](Cc1ccccc1)NC(=O)CNC(=O)CNC(=O)[C@@H](N)Cc1ccc(O)cc1)C(=O)N[C@@H](CCCCN)C(=O)N1CCC[C@H]1C(=O)N[C@@H](CCCCN)C(=O)N[C@@H](CC(C)C)C(=O)N[C@@H](CCCCN)C(N)=O. The number of primary amides is 1. The second-order valence-electron chi connectivity index (χ2n) is 29.2. The molecule has 0 radical (unpaired) electrons. The Morgan fingerprint density at radius 2 is 0.893 bits per heavy atom. The van der Waals surface area contributed by atoms with Crippen molar-refractivity contribution in [3.05, 3.63) is 65.7 Å². The first-order valence-electron chi connectivity index (χ1n) is 38.9. The molecule has 13 amide bonds. The number of hydrogen-bond donors (Lipinski definition) is 21. The number of nitrogens with zero attached hydrogens (tertiary/aromatic N) is 3. The van der Waals surface area contributed by atoms with Crippen LogP contribution >= 0.6 is 0 Å². The number of unbranched alkanes of at least 4 members (excludes halogenated alkanes) is 3. The smallest absolute Gasteiger partial charge is 0.245 e. The highest BCUT2D eigenvalue weighted by Crippen LogP contribution is 2.23. The summed E-state index contributed by atoms with van der Waals surface area (Å²) >= 11 is 0. The summed E-state index contributed by atoms with van der Waals surface area (Å²) in [5.41, 5.74) is 53.0. The summed E-state index contributed by atoms with van der Waals surface area (Å²) in [5.74, 6) is -11.2. The van der Waals surface area contributed by atoms with E-state index in [1.165, 1.54) is 17.0 Å². The Morgan fingerprint density at radius 1 is 0.464 bits per heavy atom. The molecule has 12 atom stereocenters. The molecule has 0 spiro atoms. The fourth-order valence-corrected chi connectivity index (χ4v) is 12.4. The number of guanidine groups is 2. The highest BCUT2D eigenvalue weighted by molar-refractivity contribution is 6.00. The first-order chi connectivity index (χ1) is 53.2. The van der Waals surface area contributed by atoms with Gasteiger partial charge in [0.05, 0.1) is 19.1 Å². The number of nitrogens with one attached hydrogen (secondary N) is 11. The zero-order valence-electron chi connectivity index (χ0n) is 65.9. The van der Waals surface area contributed by atoms with E-state index in [1.54, 1.807) is 70.2 Å². The van der Waals surface area contributed by atoms with Gasteiger partial charge in [-0.1, -0.05) is 90.4 Å². The van der Waals surface area contributed by atoms with Crippen molar-refractivity contribution < 1.29 is 67.4 Å². The zero-order chi connectivity index (χ0) is 83.4. The number of carbonyl (C=O) groups is 13. The van der Waals surface area contributed by atoms with Gasteiger partial charge in [-0.2, -0.15) is 0 Å². The van der Waals surface area contributed by atoms with Crippen molar-refractivity contribution in [2.24, 2.45) is 79.3 Å². The maximum absolute atomic E-state index is 15.0. The monoisotopic (exact) mass is 1570 g/mol. The van der Waals surface area contributed by atoms with Crippen LogP contribution in [0.1, 0.15) is 168 Å². The molecule has 2 aromatic carbocycles. The maximum atomic E-state index is 15.0. The number of phenols is 1. The molecular formula is C75H127N23O14. The molecule has 0 saturated carbocycles. The van der Waals surface area contributed by atoms with E-state index in [1.807, 2.05) is 13.8 Å². The third kappa shape index (κ3) is 36.7. The lowest BCUT2D eigenvalue weighted by Gasteiger charge is -2.32. The quantitative estimate of drug-likeness (QED) is 0.0172. The second-order valence-corrected chi connectivity index (χ2v) is 29.2. The summed E-state index contributed by atoms with van der Waals surface area (Å²) in [6.45, 7) is 10.6. The van der Waals surface area contributed by atoms with Crippen molar-refractivity contribution in [1.82, 2.24) is 63.4 Å². The highest BCUT2D eigenvalue weighted by Gasteiger charge is 2.42. The van der Waals surface area contributed by atoms with Gasteiger partial charge in [-0.3, -0.25) is 72.3 Å². The van der Waals surface area contributed by atoms with E-state index in [0.717, 1.165) is 0 Å². The Bertz CT molecular complexity index is 3400. The highest BCUT2D eigenvalue weighted by atomic mass is 16.3. The van der Waals surface area contributed by atoms with Crippen molar-refractivity contribution in [2.45, 2.75) is 236 Å². The number of carbonyl (C=O) groups excluding carboxylic acids is 13. The Kier molecular flexibility index (Phi) is 44.6. The van der Waals surface area contributed by atoms with Crippen LogP contribution < -0.4 is 110 Å². The number of hydrogen-bond acceptors (Lipinski definition) is 20. The summed E-state index contributed by atoms with van der Waals surface area (Å²) in [6.07, 6.45) is 4.18. The van der Waals surface area contributed by atoms with Crippen molar-refractivity contribution in [3.63, 3.8) is 0 Å². The molecule has 1 saturated heterocycles. The van der Waals surface area contributed by atoms with Crippen LogP contribution in [0.4, 0.5) is 0 Å². The van der Waals surface area contributed by atoms with Crippen LogP contribution in [0.3, 0.4) is 0 Å². The fraction of sp³-hybridized carbons (Fsp3) is 0.640. The predicted molar refractivity (Wildman–Crippen MR) is 424 cm³/mol. The summed E-state index contributed by atoms with van der Waals surface area (Å²) < 4.78 is 0. The first kappa shape index (κ1) is 95.9. The summed E-state index contributed by atoms with van der Waals surface area (Å²) in [4.78, 5) is 192. The molecule has 30 N–H and O–H groups in total. The van der Waals surface area contributed by atoms with Crippen LogP contribution in [0.25, 0.3) is 0 Å². The minimum atomic E-state index is -1.45. The van der Waals surface area contributed by atoms with Gasteiger partial charge in [0.25, 0.3) is 0 Å². The van der Waals surface area contributed by atoms with Crippen molar-refractivity contribution in [1.29, 1.82) is 0 Å². The summed E-state index contributed by atoms with van der Waals surface area (Å²) in [5, 5.41) is 39.2. The van der Waals surface area contributed by atoms with E-state index in [-0.39, 0.29) is 139 Å². The Morgan fingerprint density at radius 3 is 1.38 bits per heavy atom. The molecule has 0 aromatic heterocycles. The van der Waals surface area contributed by atoms with Gasteiger partial charge in [0.1, 0.15) is 66.2 Å². The van der Waals surface area contributed by atoms with Crippen LogP contribution in [0.2, 0.25) is 0 Å². The van der Waals surface area contributed by atoms with E-state index in [2.05, 4.69) is 68.5 Å². The third-order valence-corrected chi connectivity index (χ3v) is 18.7. The second kappa shape index (κ2) is 52.1. The normalized spacial score (nSPS) is 15.5. The zero-order valence-corrected chi connectivity index (χ0v) is 65.9. The molecule has 1 heterocycles. The van der Waals surface area contributed by atoms with Crippen molar-refractivity contribution in [3.8, 4) is 5.75 Å². The Balaban J connectivity index is 1.94. The molecule has 1 aliphatic heterocycles. The van der Waals surface area contributed by atoms with E-state index in [9.17, 15) is 67.4 Å². The van der Waals surface area contributed by atoms with E-state index in [0.29, 0.717) is 69.0 Å². The van der Waals surface area contributed by atoms with Gasteiger partial charge < -0.3 is 120 Å². The minimum Gasteiger partial charge on any atom is -0.508 e. The summed E-state index contributed by atoms with van der Waals surface area (Å²) in [7, 11) is 0. The molecule has 0 aliphatic carbocycles. The third-order valence-electron chi connectivity index (χ3n) is 18.7. The average Bonchev–Trinajstić information content (AvgIpc) is 1.64. The van der Waals surface area contributed by atoms with E-state index >= 15 is 0 Å². The largest absolute Gasteiger partial charge is 0.508 e. The lowest BCUT2D eigenvalue weighted by Crippen LogP contribution is -2.61. The molecule has 37 nitrogen and oxygen atoms in total. The lowest BCUT2D eigenvalue weighted by molar-refractivity contribution is -0.143. The van der Waals surface area contributed by atoms with E-state index < -0.39 is 162 Å². The number of amides is 13. The molecule has 37 heteroatoms. The summed E-state index contributed by atoms with van der Waals surface area (Å²) in [6, 6.07) is 0.970. The van der Waals surface area contributed by atoms with Crippen LogP contribution in [0.15, 0.2) is 64.6 Å². The molecule has 3 rings (SSSR count). The van der Waals surface area contributed by atoms with E-state index in [4.69, 9.17) is 51.6 Å². The topological polar surface area (TPSA) is 637 Å². The Labute approximate surface area is 656 Å². The maximum Gasteiger partial charge on any atom is 0.245 e. The van der Waals surface area contributed by atoms with Crippen molar-refractivity contribution in [2.75, 3.05) is 52.4 Å². The molecular weight excluding hydrogens is 1450 g/mol. The number of phenolic OH excluding ortho intramolecular Hbond substituents is 1. The average molecular weight is 1570 g/mol. The number of rotatable bonds is 54. The minimum absolute atomic E-state index is 0.00783. The standard InChI is InChI=1S/C75H127N23O14/c1-7-46(6)62(72(111)94-55(24-13-16-34-78)73(112)98-37-19-27-59(98)71(110)93-52(23-12-15-33-77)66(105)95-56(38-44(2)3)68(107)90-51(63(80)102)22-11-14-32-76)97-67(106)54(26-18-36-86-75(83)84)91-65(104)53(25-17-35-85-74(81)82)92-69(108)57(39-45(4)5)96-70(109)58(41-47-20-9-8-10-21-47)89-61(101)43-87-60(100)42-88-64(103)50(79)40-48-28-30-49(99)31-29-48/h8-10,20-21,28-31,44-46,50-59,62,99H,7,11-19,22-27,32-43,76-79H2,1-6H3,(H2,80,102)(H,87,100)(H,88,103)(H,89,101)(H,90,107)(H,91,104)(H,92,108)(H,93,110)(H,94,111)(H,95,105)(H,96,109)(H,97,106)(H4,81,82,85)(H4,83,84,86)/t46?,50-,51-,52-,53-,54-,55-,56-,57-,58-,59-,62-/m0/s1. The number of likely N-dealkylation sites (tertiary alicyclic amines) is 1. The van der Waals surface area contributed by atoms with Gasteiger partial charge in [0.15, 0.2) is 11.9 Å². The number of benzene rings is 2. The van der Waals surface area contributed by atoms with Gasteiger partial charge in [-0.25, -0.2) is 0 Å². The first-order valence-corrected chi connectivity index (χ1v) is 38.9. The van der Waals surface area contributed by atoms with Crippen molar-refractivity contribution >= 4 is 88.7 Å². The van der Waals surface area contributed by atoms with Crippen LogP contribution in [-0.4, -0.2) is 218 Å². The lowest BCUT2D eigenvalue weighted by atomic mass is 9.96. The number of aromatic hydroxyl groups is 1. The molecule has 2 aromatic rings. The molecule has 1 unspecified atom stereocenters.